The van der Waals surface area contributed by atoms with Crippen molar-refractivity contribution in [2.24, 2.45) is 5.92 Å². The quantitative estimate of drug-likeness (QED) is 0.736. The zero-order chi connectivity index (χ0) is 20.7. The van der Waals surface area contributed by atoms with Crippen LogP contribution in [-0.4, -0.2) is 60.3 Å². The summed E-state index contributed by atoms with van der Waals surface area (Å²) in [4.78, 5) is 28.2. The van der Waals surface area contributed by atoms with Gasteiger partial charge in [-0.1, -0.05) is 26.0 Å². The van der Waals surface area contributed by atoms with Crippen molar-refractivity contribution in [2.75, 3.05) is 26.7 Å². The van der Waals surface area contributed by atoms with Crippen molar-refractivity contribution < 1.29 is 9.59 Å². The van der Waals surface area contributed by atoms with E-state index in [1.54, 1.807) is 0 Å². The van der Waals surface area contributed by atoms with Crippen molar-refractivity contribution in [3.05, 3.63) is 12.2 Å². The van der Waals surface area contributed by atoms with Gasteiger partial charge in [-0.2, -0.15) is 0 Å². The Morgan fingerprint density at radius 1 is 1.19 bits per heavy atom. The molecule has 0 aromatic heterocycles. The number of carbonyl (C=O) groups is 2. The minimum atomic E-state index is -0.655. The van der Waals surface area contributed by atoms with E-state index in [4.69, 9.17) is 0 Å². The SMILES string of the molecule is CC(C)N[C@@]1(C)CCN(C)CC=CCCC[C@@](C)(C(=O)C(C)C)NCC1=O. The van der Waals surface area contributed by atoms with Gasteiger partial charge in [0.05, 0.1) is 17.6 Å². The summed E-state index contributed by atoms with van der Waals surface area (Å²) in [5, 5.41) is 6.81. The van der Waals surface area contributed by atoms with E-state index < -0.39 is 11.1 Å². The molecule has 0 saturated heterocycles. The zero-order valence-electron chi connectivity index (χ0n) is 18.5. The van der Waals surface area contributed by atoms with Gasteiger partial charge in [-0.05, 0) is 60.4 Å². The van der Waals surface area contributed by atoms with Gasteiger partial charge >= 0.3 is 0 Å². The van der Waals surface area contributed by atoms with Gasteiger partial charge in [-0.25, -0.2) is 0 Å². The Bertz CT molecular complexity index is 530. The molecule has 0 saturated carbocycles. The van der Waals surface area contributed by atoms with Gasteiger partial charge in [-0.15, -0.1) is 0 Å². The number of hydrogen-bond donors (Lipinski definition) is 2. The molecule has 1 aliphatic rings. The molecular weight excluding hydrogens is 338 g/mol. The van der Waals surface area contributed by atoms with Gasteiger partial charge in [-0.3, -0.25) is 14.9 Å². The topological polar surface area (TPSA) is 61.4 Å². The highest BCUT2D eigenvalue weighted by Gasteiger charge is 2.38. The van der Waals surface area contributed by atoms with Crippen LogP contribution in [-0.2, 0) is 9.59 Å². The largest absolute Gasteiger partial charge is 0.303 e. The first kappa shape index (κ1) is 24.0. The average molecular weight is 380 g/mol. The van der Waals surface area contributed by atoms with E-state index in [1.807, 2.05) is 27.7 Å². The van der Waals surface area contributed by atoms with Gasteiger partial charge in [0.25, 0.3) is 0 Å². The Morgan fingerprint density at radius 2 is 1.85 bits per heavy atom. The number of Topliss-reactive ketones (excluding diaryl/α,β-unsaturated/α-hetero) is 2. The molecule has 0 fully saturated rings. The molecule has 0 unspecified atom stereocenters. The second-order valence-corrected chi connectivity index (χ2v) is 9.13. The van der Waals surface area contributed by atoms with E-state index in [-0.39, 0.29) is 30.1 Å². The highest BCUT2D eigenvalue weighted by Crippen LogP contribution is 2.21. The van der Waals surface area contributed by atoms with Crippen LogP contribution in [0.3, 0.4) is 0 Å². The third-order valence-corrected chi connectivity index (χ3v) is 5.55. The molecule has 1 aliphatic heterocycles. The first-order valence-electron chi connectivity index (χ1n) is 10.4. The lowest BCUT2D eigenvalue weighted by Crippen LogP contribution is -2.59. The summed E-state index contributed by atoms with van der Waals surface area (Å²) in [5.41, 5.74) is -1.26. The number of nitrogens with zero attached hydrogens (tertiary/aromatic N) is 1. The van der Waals surface area contributed by atoms with E-state index in [2.05, 4.69) is 48.6 Å². The van der Waals surface area contributed by atoms with Gasteiger partial charge in [0.1, 0.15) is 0 Å². The smallest absolute Gasteiger partial charge is 0.166 e. The number of rotatable bonds is 4. The Hall–Kier alpha value is -1.04. The molecule has 0 bridgehead atoms. The molecule has 5 nitrogen and oxygen atoms in total. The van der Waals surface area contributed by atoms with Crippen LogP contribution in [0, 0.1) is 5.92 Å². The Morgan fingerprint density at radius 3 is 2.44 bits per heavy atom. The third kappa shape index (κ3) is 7.47. The van der Waals surface area contributed by atoms with Crippen LogP contribution in [0.2, 0.25) is 0 Å². The summed E-state index contributed by atoms with van der Waals surface area (Å²) in [6, 6.07) is 0.215. The minimum absolute atomic E-state index is 0.0548. The lowest BCUT2D eigenvalue weighted by Gasteiger charge is -2.36. The minimum Gasteiger partial charge on any atom is -0.303 e. The zero-order valence-corrected chi connectivity index (χ0v) is 18.5. The maximum absolute atomic E-state index is 13.2. The van der Waals surface area contributed by atoms with Crippen LogP contribution >= 0.6 is 0 Å². The first-order valence-corrected chi connectivity index (χ1v) is 10.4. The fourth-order valence-corrected chi connectivity index (χ4v) is 3.79. The molecule has 2 N–H and O–H groups in total. The summed E-state index contributed by atoms with van der Waals surface area (Å²) in [5.74, 6) is 0.255. The normalized spacial score (nSPS) is 29.9. The number of likely N-dealkylation sites (N-methyl/N-ethyl adjacent to an activating group) is 1. The number of hydrogen-bond acceptors (Lipinski definition) is 5. The first-order chi connectivity index (χ1) is 12.5. The summed E-state index contributed by atoms with van der Waals surface area (Å²) in [6.07, 6.45) is 7.76. The maximum atomic E-state index is 13.2. The molecule has 1 rings (SSSR count). The van der Waals surface area contributed by atoms with Gasteiger partial charge < -0.3 is 10.2 Å². The lowest BCUT2D eigenvalue weighted by molar-refractivity contribution is -0.129. The van der Waals surface area contributed by atoms with E-state index in [9.17, 15) is 9.59 Å². The monoisotopic (exact) mass is 379 g/mol. The second kappa shape index (κ2) is 10.5. The van der Waals surface area contributed by atoms with E-state index in [0.29, 0.717) is 0 Å². The molecule has 0 spiro atoms. The molecular formula is C22H41N3O2. The van der Waals surface area contributed by atoms with Crippen molar-refractivity contribution in [1.82, 2.24) is 15.5 Å². The predicted octanol–water partition coefficient (Wildman–Crippen LogP) is 2.95. The van der Waals surface area contributed by atoms with Crippen molar-refractivity contribution >= 4 is 11.6 Å². The van der Waals surface area contributed by atoms with Crippen molar-refractivity contribution in [3.8, 4) is 0 Å². The van der Waals surface area contributed by atoms with Gasteiger partial charge in [0, 0.05) is 25.0 Å². The van der Waals surface area contributed by atoms with Crippen LogP contribution in [0.1, 0.15) is 67.2 Å². The lowest BCUT2D eigenvalue weighted by atomic mass is 9.83. The second-order valence-electron chi connectivity index (χ2n) is 9.13. The van der Waals surface area contributed by atoms with Crippen LogP contribution < -0.4 is 10.6 Å². The highest BCUT2D eigenvalue weighted by atomic mass is 16.1. The molecule has 2 atom stereocenters. The maximum Gasteiger partial charge on any atom is 0.166 e. The number of nitrogens with one attached hydrogen (secondary N) is 2. The molecule has 0 aromatic rings. The number of allylic oxidation sites excluding steroid dienone is 1. The molecule has 156 valence electrons. The van der Waals surface area contributed by atoms with Gasteiger partial charge in [0.2, 0.25) is 0 Å². The summed E-state index contributed by atoms with van der Waals surface area (Å²) < 4.78 is 0. The third-order valence-electron chi connectivity index (χ3n) is 5.55. The number of carbonyl (C=O) groups excluding carboxylic acids is 2. The summed E-state index contributed by atoms with van der Waals surface area (Å²) in [6.45, 7) is 13.9. The van der Waals surface area contributed by atoms with Crippen LogP contribution in [0.5, 0.6) is 0 Å². The van der Waals surface area contributed by atoms with E-state index in [0.717, 1.165) is 38.8 Å². The predicted molar refractivity (Wildman–Crippen MR) is 113 cm³/mol. The Labute approximate surface area is 166 Å². The molecule has 27 heavy (non-hydrogen) atoms. The molecule has 0 amide bonds. The average Bonchev–Trinajstić information content (AvgIpc) is 2.58. The highest BCUT2D eigenvalue weighted by molar-refractivity contribution is 5.93. The molecule has 1 heterocycles. The Kier molecular flexibility index (Phi) is 9.32. The molecule has 0 aromatic carbocycles. The standard InChI is InChI=1S/C22H41N3O2/c1-17(2)20(27)22(6)12-10-8-9-11-14-25(7)15-13-21(5,24-18(3)4)19(26)16-23-22/h9,11,17-18,23-24H,8,10,12-16H2,1-7H3/t21-,22-/m0/s1. The van der Waals surface area contributed by atoms with E-state index >= 15 is 0 Å². The van der Waals surface area contributed by atoms with Crippen LogP contribution in [0.15, 0.2) is 12.2 Å². The van der Waals surface area contributed by atoms with Gasteiger partial charge in [0.15, 0.2) is 11.6 Å². The van der Waals surface area contributed by atoms with Crippen molar-refractivity contribution in [1.29, 1.82) is 0 Å². The summed E-state index contributed by atoms with van der Waals surface area (Å²) in [7, 11) is 2.09. The van der Waals surface area contributed by atoms with Crippen molar-refractivity contribution in [3.63, 3.8) is 0 Å². The van der Waals surface area contributed by atoms with Crippen LogP contribution in [0.25, 0.3) is 0 Å². The molecule has 5 heteroatoms. The fraction of sp³-hybridized carbons (Fsp3) is 0.818. The Balaban J connectivity index is 3.07. The fourth-order valence-electron chi connectivity index (χ4n) is 3.79. The van der Waals surface area contributed by atoms with Crippen LogP contribution in [0.4, 0.5) is 0 Å². The summed E-state index contributed by atoms with van der Waals surface area (Å²) >= 11 is 0. The number of ketones is 2. The van der Waals surface area contributed by atoms with Crippen molar-refractivity contribution in [2.45, 2.75) is 84.3 Å². The van der Waals surface area contributed by atoms with E-state index in [1.165, 1.54) is 0 Å². The molecule has 0 aliphatic carbocycles. The molecule has 0 radical (unpaired) electrons.